The molecule has 5 nitrogen and oxygen atoms in total. The van der Waals surface area contributed by atoms with Crippen molar-refractivity contribution in [2.75, 3.05) is 11.1 Å². The minimum Gasteiger partial charge on any atom is -0.397 e. The first kappa shape index (κ1) is 10.9. The van der Waals surface area contributed by atoms with Gasteiger partial charge in [-0.05, 0) is 18.2 Å². The van der Waals surface area contributed by atoms with Crippen LogP contribution in [0.3, 0.4) is 0 Å². The molecule has 0 fully saturated rings. The highest BCUT2D eigenvalue weighted by Gasteiger charge is 2.06. The summed E-state index contributed by atoms with van der Waals surface area (Å²) in [6, 6.07) is 13.5. The summed E-state index contributed by atoms with van der Waals surface area (Å²) in [6.45, 7) is 0. The molecule has 2 aromatic carbocycles. The van der Waals surface area contributed by atoms with Crippen LogP contribution in [0, 0.1) is 10.1 Å². The number of nitrogen functional groups attached to an aromatic ring is 1. The standard InChI is InChI=1S/C12H11N3O2/c13-11-6-1-2-7-12(11)14-9-4-3-5-10(8-9)15(16)17/h1-8,14H,13H2. The third kappa shape index (κ3) is 2.52. The summed E-state index contributed by atoms with van der Waals surface area (Å²) >= 11 is 0. The summed E-state index contributed by atoms with van der Waals surface area (Å²) in [7, 11) is 0. The second-order valence-corrected chi connectivity index (χ2v) is 3.52. The fraction of sp³-hybridized carbons (Fsp3) is 0. The van der Waals surface area contributed by atoms with Crippen molar-refractivity contribution in [3.8, 4) is 0 Å². The molecule has 0 atom stereocenters. The molecule has 0 aliphatic rings. The number of para-hydroxylation sites is 2. The summed E-state index contributed by atoms with van der Waals surface area (Å²) in [6.07, 6.45) is 0. The van der Waals surface area contributed by atoms with E-state index in [1.807, 2.05) is 18.2 Å². The second-order valence-electron chi connectivity index (χ2n) is 3.52. The molecule has 2 rings (SSSR count). The Morgan fingerprint density at radius 2 is 1.88 bits per heavy atom. The van der Waals surface area contributed by atoms with Gasteiger partial charge in [0.15, 0.2) is 0 Å². The van der Waals surface area contributed by atoms with Crippen molar-refractivity contribution in [1.82, 2.24) is 0 Å². The van der Waals surface area contributed by atoms with Gasteiger partial charge >= 0.3 is 0 Å². The number of nitrogens with two attached hydrogens (primary N) is 1. The fourth-order valence-corrected chi connectivity index (χ4v) is 1.46. The van der Waals surface area contributed by atoms with E-state index >= 15 is 0 Å². The van der Waals surface area contributed by atoms with Gasteiger partial charge in [-0.15, -0.1) is 0 Å². The van der Waals surface area contributed by atoms with Crippen molar-refractivity contribution < 1.29 is 4.92 Å². The van der Waals surface area contributed by atoms with Crippen LogP contribution in [-0.2, 0) is 0 Å². The smallest absolute Gasteiger partial charge is 0.271 e. The van der Waals surface area contributed by atoms with Gasteiger partial charge in [0.05, 0.1) is 16.3 Å². The molecule has 3 N–H and O–H groups in total. The average Bonchev–Trinajstić information content (AvgIpc) is 2.32. The minimum absolute atomic E-state index is 0.0458. The lowest BCUT2D eigenvalue weighted by molar-refractivity contribution is -0.384. The summed E-state index contributed by atoms with van der Waals surface area (Å²) in [4.78, 5) is 10.2. The van der Waals surface area contributed by atoms with E-state index in [-0.39, 0.29) is 5.69 Å². The molecule has 0 bridgehead atoms. The van der Waals surface area contributed by atoms with E-state index in [1.54, 1.807) is 18.2 Å². The Hall–Kier alpha value is -2.56. The highest BCUT2D eigenvalue weighted by atomic mass is 16.6. The molecule has 0 amide bonds. The number of nitro benzene ring substituents is 1. The Labute approximate surface area is 98.0 Å². The number of nitrogens with one attached hydrogen (secondary N) is 1. The highest BCUT2D eigenvalue weighted by Crippen LogP contribution is 2.24. The van der Waals surface area contributed by atoms with Crippen LogP contribution in [0.25, 0.3) is 0 Å². The number of anilines is 3. The maximum atomic E-state index is 10.6. The van der Waals surface area contributed by atoms with Gasteiger partial charge in [-0.2, -0.15) is 0 Å². The topological polar surface area (TPSA) is 81.2 Å². The quantitative estimate of drug-likeness (QED) is 0.481. The summed E-state index contributed by atoms with van der Waals surface area (Å²) in [5, 5.41) is 13.7. The molecular formula is C12H11N3O2. The first-order valence-corrected chi connectivity index (χ1v) is 5.03. The molecule has 0 heterocycles. The molecule has 0 unspecified atom stereocenters. The predicted octanol–water partition coefficient (Wildman–Crippen LogP) is 2.92. The SMILES string of the molecule is Nc1ccccc1Nc1cccc([N+](=O)[O-])c1. The summed E-state index contributed by atoms with van der Waals surface area (Å²) in [5.74, 6) is 0. The molecule has 5 heteroatoms. The molecule has 0 aliphatic carbocycles. The van der Waals surface area contributed by atoms with Crippen molar-refractivity contribution in [3.05, 3.63) is 58.6 Å². The van der Waals surface area contributed by atoms with E-state index < -0.39 is 4.92 Å². The van der Waals surface area contributed by atoms with E-state index in [0.29, 0.717) is 11.4 Å². The molecule has 17 heavy (non-hydrogen) atoms. The van der Waals surface area contributed by atoms with Gasteiger partial charge in [-0.3, -0.25) is 10.1 Å². The largest absolute Gasteiger partial charge is 0.397 e. The zero-order chi connectivity index (χ0) is 12.3. The van der Waals surface area contributed by atoms with Crippen LogP contribution in [0.15, 0.2) is 48.5 Å². The van der Waals surface area contributed by atoms with Crippen LogP contribution in [0.4, 0.5) is 22.7 Å². The predicted molar refractivity (Wildman–Crippen MR) is 67.2 cm³/mol. The average molecular weight is 229 g/mol. The molecule has 0 saturated heterocycles. The Morgan fingerprint density at radius 1 is 1.12 bits per heavy atom. The highest BCUT2D eigenvalue weighted by molar-refractivity contribution is 5.73. The van der Waals surface area contributed by atoms with Gasteiger partial charge < -0.3 is 11.1 Å². The number of non-ortho nitro benzene ring substituents is 1. The van der Waals surface area contributed by atoms with Crippen molar-refractivity contribution in [2.45, 2.75) is 0 Å². The Morgan fingerprint density at radius 3 is 2.59 bits per heavy atom. The number of nitro groups is 1. The van der Waals surface area contributed by atoms with Gasteiger partial charge in [-0.1, -0.05) is 18.2 Å². The minimum atomic E-state index is -0.431. The normalized spacial score (nSPS) is 9.88. The van der Waals surface area contributed by atoms with Gasteiger partial charge in [-0.25, -0.2) is 0 Å². The van der Waals surface area contributed by atoms with Crippen LogP contribution in [0.5, 0.6) is 0 Å². The zero-order valence-electron chi connectivity index (χ0n) is 8.96. The number of rotatable bonds is 3. The third-order valence-corrected chi connectivity index (χ3v) is 2.30. The maximum Gasteiger partial charge on any atom is 0.271 e. The first-order valence-electron chi connectivity index (χ1n) is 5.03. The van der Waals surface area contributed by atoms with Crippen molar-refractivity contribution in [3.63, 3.8) is 0 Å². The molecule has 0 aromatic heterocycles. The van der Waals surface area contributed by atoms with Gasteiger partial charge in [0.2, 0.25) is 0 Å². The van der Waals surface area contributed by atoms with Crippen LogP contribution in [0.2, 0.25) is 0 Å². The van der Waals surface area contributed by atoms with E-state index in [1.165, 1.54) is 12.1 Å². The van der Waals surface area contributed by atoms with Crippen LogP contribution in [0.1, 0.15) is 0 Å². The molecule has 0 spiro atoms. The maximum absolute atomic E-state index is 10.6. The summed E-state index contributed by atoms with van der Waals surface area (Å²) in [5.41, 5.74) is 7.78. The lowest BCUT2D eigenvalue weighted by atomic mass is 10.2. The second kappa shape index (κ2) is 4.52. The molecular weight excluding hydrogens is 218 g/mol. The van der Waals surface area contributed by atoms with Gasteiger partial charge in [0, 0.05) is 17.8 Å². The molecule has 0 aliphatic heterocycles. The Bertz CT molecular complexity index is 555. The molecule has 0 saturated carbocycles. The zero-order valence-corrected chi connectivity index (χ0v) is 8.96. The number of nitrogens with zero attached hydrogens (tertiary/aromatic N) is 1. The van der Waals surface area contributed by atoms with E-state index in [2.05, 4.69) is 5.32 Å². The van der Waals surface area contributed by atoms with Crippen LogP contribution >= 0.6 is 0 Å². The van der Waals surface area contributed by atoms with Crippen LogP contribution in [-0.4, -0.2) is 4.92 Å². The fourth-order valence-electron chi connectivity index (χ4n) is 1.46. The van der Waals surface area contributed by atoms with Crippen LogP contribution < -0.4 is 11.1 Å². The van der Waals surface area contributed by atoms with E-state index in [4.69, 9.17) is 5.73 Å². The number of benzene rings is 2. The van der Waals surface area contributed by atoms with Gasteiger partial charge in [0.1, 0.15) is 0 Å². The van der Waals surface area contributed by atoms with Crippen molar-refractivity contribution >= 4 is 22.7 Å². The summed E-state index contributed by atoms with van der Waals surface area (Å²) < 4.78 is 0. The molecule has 2 aromatic rings. The first-order chi connectivity index (χ1) is 8.16. The lowest BCUT2D eigenvalue weighted by Gasteiger charge is -2.08. The van der Waals surface area contributed by atoms with E-state index in [0.717, 1.165) is 5.69 Å². The van der Waals surface area contributed by atoms with Gasteiger partial charge in [0.25, 0.3) is 5.69 Å². The van der Waals surface area contributed by atoms with Crippen molar-refractivity contribution in [2.24, 2.45) is 0 Å². The lowest BCUT2D eigenvalue weighted by Crippen LogP contribution is -1.96. The van der Waals surface area contributed by atoms with Crippen molar-refractivity contribution in [1.29, 1.82) is 0 Å². The number of hydrogen-bond donors (Lipinski definition) is 2. The number of hydrogen-bond acceptors (Lipinski definition) is 4. The Kier molecular flexibility index (Phi) is 2.91. The molecule has 0 radical (unpaired) electrons. The van der Waals surface area contributed by atoms with E-state index in [9.17, 15) is 10.1 Å². The Balaban J connectivity index is 2.28. The third-order valence-electron chi connectivity index (χ3n) is 2.30. The monoisotopic (exact) mass is 229 g/mol. The molecule has 86 valence electrons.